The highest BCUT2D eigenvalue weighted by Gasteiger charge is 1.53. The van der Waals surface area contributed by atoms with Gasteiger partial charge in [0.05, 0.1) is 0 Å². The molecule has 2 heteroatoms. The van der Waals surface area contributed by atoms with E-state index >= 15 is 0 Å². The minimum Gasteiger partial charge on any atom is -0.298 e. The lowest BCUT2D eigenvalue weighted by Crippen LogP contribution is -1.39. The summed E-state index contributed by atoms with van der Waals surface area (Å²) in [7, 11) is 0.818. The molecule has 0 amide bonds. The van der Waals surface area contributed by atoms with Gasteiger partial charge < -0.3 is 0 Å². The zero-order chi connectivity index (χ0) is 3.41. The van der Waals surface area contributed by atoms with E-state index in [1.807, 2.05) is 0 Å². The Balaban J connectivity index is 2.30. The Morgan fingerprint density at radius 3 is 2.25 bits per heavy atom. The van der Waals surface area contributed by atoms with Crippen LogP contribution in [0.2, 0.25) is 0 Å². The number of hydrogen-bond donors (Lipinski definition) is 0. The van der Waals surface area contributed by atoms with Gasteiger partial charge in [-0.2, -0.15) is 0 Å². The van der Waals surface area contributed by atoms with Gasteiger partial charge in [0.2, 0.25) is 0 Å². The molecule has 0 aromatic rings. The van der Waals surface area contributed by atoms with Crippen LogP contribution >= 0.6 is 8.58 Å². The predicted molar refractivity (Wildman–Crippen MR) is 19.6 cm³/mol. The van der Waals surface area contributed by atoms with Crippen LogP contribution in [0, 0.1) is 0 Å². The van der Waals surface area contributed by atoms with E-state index < -0.39 is 0 Å². The molecule has 4 heavy (non-hydrogen) atoms. The lowest BCUT2D eigenvalue weighted by atomic mass is 11.8. The van der Waals surface area contributed by atoms with Crippen LogP contribution in [0.25, 0.3) is 0 Å². The maximum absolute atomic E-state index is 9.16. The summed E-state index contributed by atoms with van der Waals surface area (Å²) in [6.07, 6.45) is 0. The van der Waals surface area contributed by atoms with Gasteiger partial charge in [0.15, 0.2) is 0 Å². The molecular formula is C2H4OP. The first-order valence-electron chi connectivity index (χ1n) is 0.941. The van der Waals surface area contributed by atoms with Crippen LogP contribution in [0.15, 0.2) is 0 Å². The fourth-order valence-corrected chi connectivity index (χ4v) is 0. The standard InChI is InChI=1S/C2H4OP/c1-4-2-3/h2H,1H3. The summed E-state index contributed by atoms with van der Waals surface area (Å²) < 4.78 is 0. The largest absolute Gasteiger partial charge is 0.298 e. The summed E-state index contributed by atoms with van der Waals surface area (Å²) in [4.78, 5) is 9.16. The fraction of sp³-hybridized carbons (Fsp3) is 0.500. The third kappa shape index (κ3) is 2.10. The van der Waals surface area contributed by atoms with Gasteiger partial charge in [0, 0.05) is 0 Å². The zero-order valence-electron chi connectivity index (χ0n) is 2.43. The third-order valence-corrected chi connectivity index (χ3v) is 0.316. The molecule has 23 valence electrons. The van der Waals surface area contributed by atoms with E-state index in [0.717, 1.165) is 14.6 Å². The first-order chi connectivity index (χ1) is 1.91. The summed E-state index contributed by atoms with van der Waals surface area (Å²) in [5, 5.41) is 0. The second kappa shape index (κ2) is 3.10. The lowest BCUT2D eigenvalue weighted by molar-refractivity contribution is 0.569. The summed E-state index contributed by atoms with van der Waals surface area (Å²) in [6, 6.07) is 0.847. The topological polar surface area (TPSA) is 17.1 Å². The average Bonchev–Trinajstić information content (AvgIpc) is 1.37. The molecule has 1 nitrogen and oxygen atoms in total. The van der Waals surface area contributed by atoms with Gasteiger partial charge in [-0.05, 0) is 15.2 Å². The van der Waals surface area contributed by atoms with E-state index in [0.29, 0.717) is 0 Å². The molecule has 0 fully saturated rings. The molecule has 0 saturated heterocycles. The van der Waals surface area contributed by atoms with Gasteiger partial charge in [0.25, 0.3) is 0 Å². The molecular weight excluding hydrogens is 71.0 g/mol. The van der Waals surface area contributed by atoms with Crippen LogP contribution in [0.1, 0.15) is 0 Å². The number of carbonyl (C=O) groups is 1. The monoisotopic (exact) mass is 75.0 g/mol. The molecule has 0 atom stereocenters. The second-order valence-electron chi connectivity index (χ2n) is 0.364. The van der Waals surface area contributed by atoms with E-state index in [-0.39, 0.29) is 0 Å². The molecule has 0 bridgehead atoms. The Bertz CT molecular complexity index is 20.0. The van der Waals surface area contributed by atoms with Crippen molar-refractivity contribution in [2.75, 3.05) is 6.66 Å². The van der Waals surface area contributed by atoms with Crippen LogP contribution in [-0.2, 0) is 4.79 Å². The second-order valence-corrected chi connectivity index (χ2v) is 1.09. The normalized spacial score (nSPS) is 9.25. The van der Waals surface area contributed by atoms with Crippen molar-refractivity contribution in [3.8, 4) is 0 Å². The smallest absolute Gasteiger partial charge is 0.146 e. The Morgan fingerprint density at radius 2 is 2.25 bits per heavy atom. The Kier molecular flexibility index (Phi) is 3.18. The summed E-state index contributed by atoms with van der Waals surface area (Å²) in [6.45, 7) is 1.78. The van der Waals surface area contributed by atoms with E-state index in [2.05, 4.69) is 0 Å². The molecule has 0 rings (SSSR count). The van der Waals surface area contributed by atoms with Crippen LogP contribution in [0.4, 0.5) is 0 Å². The van der Waals surface area contributed by atoms with Crippen molar-refractivity contribution in [3.05, 3.63) is 0 Å². The van der Waals surface area contributed by atoms with Crippen molar-refractivity contribution in [3.63, 3.8) is 0 Å². The van der Waals surface area contributed by atoms with Gasteiger partial charge in [0.1, 0.15) is 6.03 Å². The molecule has 0 aromatic carbocycles. The highest BCUT2D eigenvalue weighted by atomic mass is 31.1. The van der Waals surface area contributed by atoms with E-state index in [9.17, 15) is 0 Å². The van der Waals surface area contributed by atoms with Crippen molar-refractivity contribution >= 4 is 14.6 Å². The molecule has 0 aliphatic rings. The van der Waals surface area contributed by atoms with Crippen molar-refractivity contribution in [1.29, 1.82) is 0 Å². The minimum absolute atomic E-state index is 0.818. The van der Waals surface area contributed by atoms with Crippen molar-refractivity contribution in [2.45, 2.75) is 0 Å². The summed E-state index contributed by atoms with van der Waals surface area (Å²) in [5.74, 6) is 0. The molecule has 0 unspecified atom stereocenters. The molecule has 0 aliphatic carbocycles. The van der Waals surface area contributed by atoms with Crippen molar-refractivity contribution in [2.24, 2.45) is 0 Å². The maximum atomic E-state index is 9.16. The van der Waals surface area contributed by atoms with Crippen LogP contribution in [0.3, 0.4) is 0 Å². The first kappa shape index (κ1) is 4.10. The fourth-order valence-electron chi connectivity index (χ4n) is 0. The highest BCUT2D eigenvalue weighted by molar-refractivity contribution is 7.54. The van der Waals surface area contributed by atoms with Crippen LogP contribution < -0.4 is 0 Å². The average molecular weight is 75.0 g/mol. The molecule has 0 aliphatic heterocycles. The number of rotatable bonds is 1. The van der Waals surface area contributed by atoms with Gasteiger partial charge in [-0.15, -0.1) is 0 Å². The van der Waals surface area contributed by atoms with Gasteiger partial charge >= 0.3 is 0 Å². The van der Waals surface area contributed by atoms with Crippen molar-refractivity contribution < 1.29 is 4.79 Å². The molecule has 0 heterocycles. The van der Waals surface area contributed by atoms with Gasteiger partial charge in [-0.1, -0.05) is 0 Å². The SMILES string of the molecule is C[P]C=O. The number of hydrogen-bond acceptors (Lipinski definition) is 1. The Morgan fingerprint density at radius 1 is 2.00 bits per heavy atom. The van der Waals surface area contributed by atoms with E-state index in [4.69, 9.17) is 4.79 Å². The van der Waals surface area contributed by atoms with Gasteiger partial charge in [-0.25, -0.2) is 0 Å². The molecule has 0 aromatic heterocycles. The van der Waals surface area contributed by atoms with Gasteiger partial charge in [-0.3, -0.25) is 4.79 Å². The Labute approximate surface area is 27.2 Å². The predicted octanol–water partition coefficient (Wildman–Crippen LogP) is 0.753. The van der Waals surface area contributed by atoms with E-state index in [1.54, 1.807) is 6.66 Å². The third-order valence-electron chi connectivity index (χ3n) is 0.105. The zero-order valence-corrected chi connectivity index (χ0v) is 3.33. The highest BCUT2D eigenvalue weighted by Crippen LogP contribution is 1.87. The minimum atomic E-state index is 0.818. The van der Waals surface area contributed by atoms with Crippen LogP contribution in [0.5, 0.6) is 0 Å². The summed E-state index contributed by atoms with van der Waals surface area (Å²) >= 11 is 0. The first-order valence-corrected chi connectivity index (χ1v) is 2.35. The maximum Gasteiger partial charge on any atom is 0.146 e. The Hall–Kier alpha value is 0.100. The quantitative estimate of drug-likeness (QED) is 0.332. The molecule has 0 N–H and O–H groups in total. The molecule has 0 spiro atoms. The molecule has 1 radical (unpaired) electrons. The number of carbonyl (C=O) groups excluding carboxylic acids is 1. The van der Waals surface area contributed by atoms with E-state index in [1.165, 1.54) is 0 Å². The molecule has 0 saturated carbocycles. The summed E-state index contributed by atoms with van der Waals surface area (Å²) in [5.41, 5.74) is 0. The van der Waals surface area contributed by atoms with Crippen molar-refractivity contribution in [1.82, 2.24) is 0 Å². The van der Waals surface area contributed by atoms with Crippen LogP contribution in [-0.4, -0.2) is 12.7 Å². The lowest BCUT2D eigenvalue weighted by Gasteiger charge is -1.50.